The van der Waals surface area contributed by atoms with Crippen molar-refractivity contribution in [2.24, 2.45) is 4.99 Å². The van der Waals surface area contributed by atoms with Gasteiger partial charge in [0.15, 0.2) is 4.80 Å². The van der Waals surface area contributed by atoms with Crippen LogP contribution in [0.2, 0.25) is 0 Å². The molecule has 27 heavy (non-hydrogen) atoms. The monoisotopic (exact) mass is 379 g/mol. The molecule has 0 saturated carbocycles. The van der Waals surface area contributed by atoms with Crippen molar-refractivity contribution in [3.63, 3.8) is 0 Å². The van der Waals surface area contributed by atoms with Crippen LogP contribution in [-0.2, 0) is 18.4 Å². The summed E-state index contributed by atoms with van der Waals surface area (Å²) in [5.41, 5.74) is 2.98. The normalized spacial score (nSPS) is 12.4. The van der Waals surface area contributed by atoms with Crippen molar-refractivity contribution in [3.05, 3.63) is 81.4 Å². The number of rotatable bonds is 4. The molecule has 0 aliphatic heterocycles. The molecule has 1 aromatic carbocycles. The lowest BCUT2D eigenvalue weighted by molar-refractivity contribution is 0.0997. The number of amides is 1. The van der Waals surface area contributed by atoms with E-state index in [2.05, 4.69) is 66.5 Å². The summed E-state index contributed by atoms with van der Waals surface area (Å²) in [6, 6.07) is 13.9. The van der Waals surface area contributed by atoms with Crippen LogP contribution in [0.15, 0.2) is 59.9 Å². The number of benzene rings is 1. The summed E-state index contributed by atoms with van der Waals surface area (Å²) in [4.78, 5) is 23.1. The molecule has 0 fully saturated rings. The molecule has 140 valence electrons. The van der Waals surface area contributed by atoms with Crippen LogP contribution >= 0.6 is 11.3 Å². The molecule has 0 aliphatic rings. The highest BCUT2D eigenvalue weighted by atomic mass is 32.1. The van der Waals surface area contributed by atoms with Gasteiger partial charge in [-0.05, 0) is 36.5 Å². The number of carbonyl (C=O) groups is 1. The molecule has 1 amide bonds. The summed E-state index contributed by atoms with van der Waals surface area (Å²) in [5.74, 6) is -0.252. The Morgan fingerprint density at radius 3 is 2.52 bits per heavy atom. The van der Waals surface area contributed by atoms with Crippen molar-refractivity contribution in [2.75, 3.05) is 0 Å². The third-order valence-electron chi connectivity index (χ3n) is 4.41. The van der Waals surface area contributed by atoms with Gasteiger partial charge in [0.05, 0.1) is 5.56 Å². The Balaban J connectivity index is 2.01. The summed E-state index contributed by atoms with van der Waals surface area (Å²) in [6.07, 6.45) is 4.12. The lowest BCUT2D eigenvalue weighted by Gasteiger charge is -2.17. The molecular formula is C22H25N3OS. The molecule has 0 aliphatic carbocycles. The molecule has 5 heteroatoms. The van der Waals surface area contributed by atoms with E-state index in [1.165, 1.54) is 16.1 Å². The number of pyridine rings is 1. The molecular weight excluding hydrogens is 354 g/mol. The van der Waals surface area contributed by atoms with Crippen LogP contribution in [0.5, 0.6) is 0 Å². The van der Waals surface area contributed by atoms with E-state index in [0.29, 0.717) is 5.56 Å². The van der Waals surface area contributed by atoms with E-state index < -0.39 is 0 Å². The maximum Gasteiger partial charge on any atom is 0.281 e. The van der Waals surface area contributed by atoms with Gasteiger partial charge in [0.1, 0.15) is 0 Å². The smallest absolute Gasteiger partial charge is 0.281 e. The lowest BCUT2D eigenvalue weighted by atomic mass is 9.93. The van der Waals surface area contributed by atoms with Crippen molar-refractivity contribution in [1.29, 1.82) is 0 Å². The average Bonchev–Trinajstić information content (AvgIpc) is 2.97. The summed E-state index contributed by atoms with van der Waals surface area (Å²) in [7, 11) is 0. The van der Waals surface area contributed by atoms with Gasteiger partial charge in [-0.3, -0.25) is 9.78 Å². The van der Waals surface area contributed by atoms with Crippen molar-refractivity contribution < 1.29 is 4.79 Å². The van der Waals surface area contributed by atoms with Gasteiger partial charge >= 0.3 is 0 Å². The lowest BCUT2D eigenvalue weighted by Crippen LogP contribution is -2.20. The van der Waals surface area contributed by atoms with Crippen LogP contribution in [0.3, 0.4) is 0 Å². The van der Waals surface area contributed by atoms with Crippen molar-refractivity contribution in [1.82, 2.24) is 9.55 Å². The van der Waals surface area contributed by atoms with Crippen molar-refractivity contribution in [3.8, 4) is 0 Å². The Morgan fingerprint density at radius 2 is 1.89 bits per heavy atom. The second kappa shape index (κ2) is 8.01. The number of aryl methyl sites for hydroxylation is 1. The first-order valence-corrected chi connectivity index (χ1v) is 9.91. The van der Waals surface area contributed by atoms with E-state index >= 15 is 0 Å². The van der Waals surface area contributed by atoms with Gasteiger partial charge in [-0.25, -0.2) is 0 Å². The number of carbonyl (C=O) groups excluding carboxylic acids is 1. The zero-order valence-corrected chi connectivity index (χ0v) is 17.1. The van der Waals surface area contributed by atoms with Gasteiger partial charge < -0.3 is 4.57 Å². The van der Waals surface area contributed by atoms with Crippen LogP contribution < -0.4 is 4.80 Å². The van der Waals surface area contributed by atoms with Crippen LogP contribution in [-0.4, -0.2) is 15.5 Å². The molecule has 3 rings (SSSR count). The molecule has 0 bridgehead atoms. The summed E-state index contributed by atoms with van der Waals surface area (Å²) < 4.78 is 2.17. The summed E-state index contributed by atoms with van der Waals surface area (Å²) >= 11 is 1.61. The summed E-state index contributed by atoms with van der Waals surface area (Å²) in [5, 5.41) is 0. The third kappa shape index (κ3) is 4.61. The van der Waals surface area contributed by atoms with Gasteiger partial charge in [-0.15, -0.1) is 11.3 Å². The molecule has 2 aromatic heterocycles. The van der Waals surface area contributed by atoms with Crippen LogP contribution in [0.4, 0.5) is 0 Å². The highest BCUT2D eigenvalue weighted by Gasteiger charge is 2.22. The van der Waals surface area contributed by atoms with E-state index in [0.717, 1.165) is 17.8 Å². The van der Waals surface area contributed by atoms with Gasteiger partial charge in [-0.1, -0.05) is 51.1 Å². The van der Waals surface area contributed by atoms with Crippen molar-refractivity contribution >= 4 is 17.2 Å². The molecule has 4 nitrogen and oxygen atoms in total. The molecule has 0 saturated heterocycles. The maximum absolute atomic E-state index is 12.6. The maximum atomic E-state index is 12.6. The van der Waals surface area contributed by atoms with Gasteiger partial charge in [0.2, 0.25) is 0 Å². The Labute approximate surface area is 164 Å². The molecule has 2 heterocycles. The first-order chi connectivity index (χ1) is 12.9. The first-order valence-electron chi connectivity index (χ1n) is 9.10. The fraction of sp³-hybridized carbons (Fsp3) is 0.318. The predicted octanol–water partition coefficient (Wildman–Crippen LogP) is 4.53. The predicted molar refractivity (Wildman–Crippen MR) is 110 cm³/mol. The highest BCUT2D eigenvalue weighted by Crippen LogP contribution is 2.28. The largest absolute Gasteiger partial charge is 0.320 e. The molecule has 3 aromatic rings. The second-order valence-corrected chi connectivity index (χ2v) is 8.57. The Kier molecular flexibility index (Phi) is 5.71. The fourth-order valence-electron chi connectivity index (χ4n) is 3.05. The van der Waals surface area contributed by atoms with Crippen LogP contribution in [0, 0.1) is 6.92 Å². The minimum atomic E-state index is -0.252. The molecule has 0 radical (unpaired) electrons. The Morgan fingerprint density at radius 1 is 1.15 bits per heavy atom. The molecule has 0 atom stereocenters. The average molecular weight is 380 g/mol. The topological polar surface area (TPSA) is 47.2 Å². The standard InChI is InChI=1S/C22H25N3OS/c1-16-19(22(2,3)4)27-21(24-20(26)18-11-8-13-23-15-18)25(16)14-12-17-9-6-5-7-10-17/h5-11,13,15H,12,14H2,1-4H3/b24-21-. The number of nitrogens with zero attached hydrogens (tertiary/aromatic N) is 3. The number of thiazole rings is 1. The van der Waals surface area contributed by atoms with Crippen LogP contribution in [0.1, 0.15) is 47.3 Å². The van der Waals surface area contributed by atoms with Crippen LogP contribution in [0.25, 0.3) is 0 Å². The fourth-order valence-corrected chi connectivity index (χ4v) is 4.27. The van der Waals surface area contributed by atoms with E-state index in [1.807, 2.05) is 6.07 Å². The SMILES string of the molecule is Cc1c(C(C)(C)C)s/c(=N\C(=O)c2cccnc2)n1CCc1ccccc1. The molecule has 0 N–H and O–H groups in total. The Hall–Kier alpha value is -2.53. The quantitative estimate of drug-likeness (QED) is 0.668. The number of hydrogen-bond donors (Lipinski definition) is 0. The number of hydrogen-bond acceptors (Lipinski definition) is 3. The first kappa shape index (κ1) is 19.2. The second-order valence-electron chi connectivity index (χ2n) is 7.60. The third-order valence-corrected chi connectivity index (χ3v) is 6.02. The zero-order valence-electron chi connectivity index (χ0n) is 16.3. The molecule has 0 unspecified atom stereocenters. The van der Waals surface area contributed by atoms with Gasteiger partial charge in [-0.2, -0.15) is 4.99 Å². The summed E-state index contributed by atoms with van der Waals surface area (Å²) in [6.45, 7) is 9.50. The molecule has 0 spiro atoms. The van der Waals surface area contributed by atoms with E-state index in [9.17, 15) is 4.79 Å². The Bertz CT molecular complexity index is 980. The van der Waals surface area contributed by atoms with E-state index in [1.54, 1.807) is 35.9 Å². The van der Waals surface area contributed by atoms with E-state index in [-0.39, 0.29) is 11.3 Å². The zero-order chi connectivity index (χ0) is 19.4. The van der Waals surface area contributed by atoms with E-state index in [4.69, 9.17) is 0 Å². The number of aromatic nitrogens is 2. The van der Waals surface area contributed by atoms with Gasteiger partial charge in [0, 0.05) is 29.5 Å². The highest BCUT2D eigenvalue weighted by molar-refractivity contribution is 7.09. The van der Waals surface area contributed by atoms with Gasteiger partial charge in [0.25, 0.3) is 5.91 Å². The minimum Gasteiger partial charge on any atom is -0.320 e. The minimum absolute atomic E-state index is 0.00830. The van der Waals surface area contributed by atoms with Crippen molar-refractivity contribution in [2.45, 2.75) is 46.1 Å².